The third-order valence-corrected chi connectivity index (χ3v) is 9.27. The van der Waals surface area contributed by atoms with E-state index in [1.54, 1.807) is 41.8 Å². The van der Waals surface area contributed by atoms with E-state index in [2.05, 4.69) is 0 Å². The van der Waals surface area contributed by atoms with E-state index in [9.17, 15) is 21.9 Å². The number of sulfonamides is 2. The zero-order valence-corrected chi connectivity index (χ0v) is 18.0. The summed E-state index contributed by atoms with van der Waals surface area (Å²) in [6.45, 7) is 1.02. The second-order valence-corrected chi connectivity index (χ2v) is 11.9. The Kier molecular flexibility index (Phi) is 6.01. The second kappa shape index (κ2) is 7.99. The third kappa shape index (κ3) is 4.49. The predicted octanol–water partition coefficient (Wildman–Crippen LogP) is 1.22. The van der Waals surface area contributed by atoms with E-state index in [1.165, 1.54) is 15.7 Å². The lowest BCUT2D eigenvalue weighted by Crippen LogP contribution is -2.58. The standard InChI is InChI=1S/C17H23N3O5S3/c1-18(27(2,22)23)12-15-13-19(28(24,25)17-4-3-11-26-17)9-10-20(15)14-5-7-16(21)8-6-14/h3-8,11,15,21H,9-10,12-13H2,1-2H3/t15-/m0/s1. The summed E-state index contributed by atoms with van der Waals surface area (Å²) in [5.74, 6) is 0.132. The lowest BCUT2D eigenvalue weighted by atomic mass is 10.1. The lowest BCUT2D eigenvalue weighted by molar-refractivity contribution is 0.304. The largest absolute Gasteiger partial charge is 0.508 e. The van der Waals surface area contributed by atoms with Gasteiger partial charge in [-0.1, -0.05) is 6.07 Å². The van der Waals surface area contributed by atoms with Gasteiger partial charge in [-0.25, -0.2) is 21.1 Å². The first-order chi connectivity index (χ1) is 13.1. The van der Waals surface area contributed by atoms with Crippen molar-refractivity contribution in [3.05, 3.63) is 41.8 Å². The Labute approximate surface area is 169 Å². The van der Waals surface area contributed by atoms with Gasteiger partial charge in [0.15, 0.2) is 0 Å². The van der Waals surface area contributed by atoms with E-state index in [4.69, 9.17) is 0 Å². The zero-order valence-electron chi connectivity index (χ0n) is 15.6. The predicted molar refractivity (Wildman–Crippen MR) is 110 cm³/mol. The van der Waals surface area contributed by atoms with Crippen molar-refractivity contribution < 1.29 is 21.9 Å². The molecule has 3 rings (SSSR count). The number of hydrogen-bond donors (Lipinski definition) is 1. The molecule has 0 spiro atoms. The van der Waals surface area contributed by atoms with Crippen LogP contribution in [0.5, 0.6) is 5.75 Å². The highest BCUT2D eigenvalue weighted by Crippen LogP contribution is 2.28. The molecule has 0 unspecified atom stereocenters. The van der Waals surface area contributed by atoms with Crippen molar-refractivity contribution in [2.45, 2.75) is 10.3 Å². The maximum absolute atomic E-state index is 12.9. The summed E-state index contributed by atoms with van der Waals surface area (Å²) in [5.41, 5.74) is 0.804. The number of likely N-dealkylation sites (N-methyl/N-ethyl adjacent to an activating group) is 1. The molecule has 0 saturated carbocycles. The highest BCUT2D eigenvalue weighted by Gasteiger charge is 2.36. The van der Waals surface area contributed by atoms with Crippen molar-refractivity contribution in [3.8, 4) is 5.75 Å². The van der Waals surface area contributed by atoms with Crippen molar-refractivity contribution >= 4 is 37.1 Å². The molecule has 1 N–H and O–H groups in total. The highest BCUT2D eigenvalue weighted by atomic mass is 32.2. The fourth-order valence-electron chi connectivity index (χ4n) is 3.16. The molecule has 8 nitrogen and oxygen atoms in total. The van der Waals surface area contributed by atoms with Crippen LogP contribution in [0.25, 0.3) is 0 Å². The van der Waals surface area contributed by atoms with Crippen LogP contribution in [0.1, 0.15) is 0 Å². The topological polar surface area (TPSA) is 98.2 Å². The Morgan fingerprint density at radius 3 is 2.39 bits per heavy atom. The zero-order chi connectivity index (χ0) is 20.5. The van der Waals surface area contributed by atoms with E-state index < -0.39 is 20.0 Å². The van der Waals surface area contributed by atoms with Gasteiger partial charge in [0, 0.05) is 38.9 Å². The van der Waals surface area contributed by atoms with Crippen LogP contribution in [0, 0.1) is 0 Å². The molecule has 0 amide bonds. The van der Waals surface area contributed by atoms with Gasteiger partial charge in [0.25, 0.3) is 10.0 Å². The van der Waals surface area contributed by atoms with Crippen LogP contribution < -0.4 is 4.90 Å². The van der Waals surface area contributed by atoms with Crippen LogP contribution >= 0.6 is 11.3 Å². The molecule has 1 aromatic carbocycles. The maximum atomic E-state index is 12.9. The van der Waals surface area contributed by atoms with Crippen LogP contribution in [-0.4, -0.2) is 76.1 Å². The highest BCUT2D eigenvalue weighted by molar-refractivity contribution is 7.91. The molecule has 1 atom stereocenters. The summed E-state index contributed by atoms with van der Waals surface area (Å²) in [7, 11) is -5.54. The summed E-state index contributed by atoms with van der Waals surface area (Å²) >= 11 is 1.16. The second-order valence-electron chi connectivity index (χ2n) is 6.70. The molecule has 28 heavy (non-hydrogen) atoms. The van der Waals surface area contributed by atoms with Crippen LogP contribution in [0.2, 0.25) is 0 Å². The number of thiophene rings is 1. The van der Waals surface area contributed by atoms with Gasteiger partial charge in [0.2, 0.25) is 10.0 Å². The quantitative estimate of drug-likeness (QED) is 0.718. The van der Waals surface area contributed by atoms with Crippen LogP contribution in [0.3, 0.4) is 0 Å². The minimum atomic E-state index is -3.62. The molecule has 2 aromatic rings. The number of anilines is 1. The van der Waals surface area contributed by atoms with Crippen molar-refractivity contribution in [1.29, 1.82) is 0 Å². The average molecular weight is 446 g/mol. The molecule has 2 heterocycles. The van der Waals surface area contributed by atoms with E-state index in [0.717, 1.165) is 23.3 Å². The number of phenols is 1. The van der Waals surface area contributed by atoms with E-state index in [-0.39, 0.29) is 29.1 Å². The van der Waals surface area contributed by atoms with Gasteiger partial charge in [0.1, 0.15) is 9.96 Å². The number of nitrogens with zero attached hydrogens (tertiary/aromatic N) is 3. The first kappa shape index (κ1) is 21.1. The summed E-state index contributed by atoms with van der Waals surface area (Å²) in [5, 5.41) is 11.3. The molecule has 0 radical (unpaired) electrons. The molecule has 1 aromatic heterocycles. The smallest absolute Gasteiger partial charge is 0.252 e. The summed E-state index contributed by atoms with van der Waals surface area (Å²) in [4.78, 5) is 1.99. The summed E-state index contributed by atoms with van der Waals surface area (Å²) in [6, 6.07) is 9.50. The Hall–Kier alpha value is -1.66. The fourth-order valence-corrected chi connectivity index (χ4v) is 6.21. The molecule has 1 aliphatic heterocycles. The monoisotopic (exact) mass is 445 g/mol. The number of hydrogen-bond acceptors (Lipinski definition) is 7. The molecular formula is C17H23N3O5S3. The number of phenolic OH excluding ortho intramolecular Hbond substituents is 1. The number of piperazine rings is 1. The van der Waals surface area contributed by atoms with E-state index in [0.29, 0.717) is 13.1 Å². The first-order valence-electron chi connectivity index (χ1n) is 8.59. The minimum absolute atomic E-state index is 0.132. The molecule has 1 aliphatic rings. The molecule has 1 fully saturated rings. The molecule has 0 bridgehead atoms. The normalized spacial score (nSPS) is 19.2. The van der Waals surface area contributed by atoms with Gasteiger partial charge in [0.05, 0.1) is 12.3 Å². The van der Waals surface area contributed by atoms with Crippen LogP contribution in [-0.2, 0) is 20.0 Å². The maximum Gasteiger partial charge on any atom is 0.252 e. The van der Waals surface area contributed by atoms with E-state index in [1.807, 2.05) is 4.90 Å². The van der Waals surface area contributed by atoms with Gasteiger partial charge >= 0.3 is 0 Å². The van der Waals surface area contributed by atoms with Crippen LogP contribution in [0.15, 0.2) is 46.0 Å². The molecular weight excluding hydrogens is 422 g/mol. The Morgan fingerprint density at radius 1 is 1.14 bits per heavy atom. The summed E-state index contributed by atoms with van der Waals surface area (Å²) in [6.07, 6.45) is 1.13. The van der Waals surface area contributed by atoms with E-state index >= 15 is 0 Å². The molecule has 154 valence electrons. The molecule has 0 aliphatic carbocycles. The third-order valence-electron chi connectivity index (χ3n) is 4.75. The van der Waals surface area contributed by atoms with Gasteiger partial charge in [-0.05, 0) is 35.7 Å². The number of benzene rings is 1. The lowest BCUT2D eigenvalue weighted by Gasteiger charge is -2.43. The van der Waals surface area contributed by atoms with Crippen molar-refractivity contribution in [2.75, 3.05) is 44.4 Å². The van der Waals surface area contributed by atoms with Gasteiger partial charge in [-0.2, -0.15) is 4.31 Å². The Morgan fingerprint density at radius 2 is 1.82 bits per heavy atom. The van der Waals surface area contributed by atoms with Crippen molar-refractivity contribution in [3.63, 3.8) is 0 Å². The van der Waals surface area contributed by atoms with Crippen molar-refractivity contribution in [2.24, 2.45) is 0 Å². The Bertz CT molecular complexity index is 1000. The van der Waals surface area contributed by atoms with Gasteiger partial charge in [-0.3, -0.25) is 0 Å². The van der Waals surface area contributed by atoms with Crippen molar-refractivity contribution in [1.82, 2.24) is 8.61 Å². The molecule has 1 saturated heterocycles. The first-order valence-corrected chi connectivity index (χ1v) is 12.8. The SMILES string of the molecule is CN(C[C@H]1CN(S(=O)(=O)c2cccs2)CCN1c1ccc(O)cc1)S(C)(=O)=O. The number of aromatic hydroxyl groups is 1. The van der Waals surface area contributed by atoms with Gasteiger partial charge < -0.3 is 10.0 Å². The summed E-state index contributed by atoms with van der Waals surface area (Å²) < 4.78 is 52.6. The van der Waals surface area contributed by atoms with Crippen LogP contribution in [0.4, 0.5) is 5.69 Å². The average Bonchev–Trinajstić information content (AvgIpc) is 3.17. The molecule has 11 heteroatoms. The Balaban J connectivity index is 1.89. The fraction of sp³-hybridized carbons (Fsp3) is 0.412. The minimum Gasteiger partial charge on any atom is -0.508 e. The number of rotatable bonds is 6. The van der Waals surface area contributed by atoms with Gasteiger partial charge in [-0.15, -0.1) is 11.3 Å².